The molecule has 0 atom stereocenters. The molecule has 9 rings (SSSR count). The maximum atomic E-state index is 14.0. The third-order valence-corrected chi connectivity index (χ3v) is 9.73. The van der Waals surface area contributed by atoms with E-state index in [0.29, 0.717) is 39.9 Å². The average Bonchev–Trinajstić information content (AvgIpc) is 3.57. The number of benzene rings is 6. The van der Waals surface area contributed by atoms with Gasteiger partial charge in [0, 0.05) is 39.2 Å². The monoisotopic (exact) mass is 763 g/mol. The first-order valence-corrected chi connectivity index (χ1v) is 17.8. The summed E-state index contributed by atoms with van der Waals surface area (Å²) >= 11 is 0. The molecule has 0 spiro atoms. The summed E-state index contributed by atoms with van der Waals surface area (Å²) in [5, 5.41) is 1.56. The number of aromatic nitrogens is 5. The van der Waals surface area contributed by atoms with Crippen molar-refractivity contribution in [1.29, 1.82) is 0 Å². The van der Waals surface area contributed by atoms with Crippen LogP contribution >= 0.6 is 0 Å². The van der Waals surface area contributed by atoms with Crippen LogP contribution in [0.2, 0.25) is 0 Å². The number of nitrogens with zero attached hydrogens (tertiary/aromatic N) is 5. The van der Waals surface area contributed by atoms with Gasteiger partial charge in [-0.2, -0.15) is 26.3 Å². The van der Waals surface area contributed by atoms with E-state index in [1.807, 2.05) is 126 Å². The Labute approximate surface area is 321 Å². The normalized spacial score (nSPS) is 12.0. The summed E-state index contributed by atoms with van der Waals surface area (Å²) in [5.74, 6) is 1.21. The maximum absolute atomic E-state index is 14.0. The Hall–Kier alpha value is -7.14. The van der Waals surface area contributed by atoms with Crippen molar-refractivity contribution in [2.75, 3.05) is 0 Å². The van der Waals surface area contributed by atoms with Crippen LogP contribution in [0.1, 0.15) is 11.1 Å². The van der Waals surface area contributed by atoms with Gasteiger partial charge in [-0.1, -0.05) is 103 Å². The molecule has 6 aromatic carbocycles. The van der Waals surface area contributed by atoms with Crippen LogP contribution in [0.15, 0.2) is 164 Å². The molecule has 0 aliphatic rings. The number of hydrogen-bond acceptors (Lipinski definition) is 4. The molecule has 0 radical (unpaired) electrons. The Morgan fingerprint density at radius 2 is 0.965 bits per heavy atom. The highest BCUT2D eigenvalue weighted by Gasteiger charge is 2.37. The fraction of sp³-hybridized carbons (Fsp3) is 0.0435. The van der Waals surface area contributed by atoms with Gasteiger partial charge in [0.05, 0.1) is 33.5 Å². The number of rotatable bonds is 6. The van der Waals surface area contributed by atoms with E-state index in [2.05, 4.69) is 4.98 Å². The van der Waals surface area contributed by atoms with E-state index in [0.717, 1.165) is 45.1 Å². The number of halogens is 6. The number of para-hydroxylation sites is 1. The minimum absolute atomic E-state index is 0.135. The van der Waals surface area contributed by atoms with Gasteiger partial charge in [-0.25, -0.2) is 15.0 Å². The van der Waals surface area contributed by atoms with Crippen molar-refractivity contribution >= 4 is 21.8 Å². The van der Waals surface area contributed by atoms with Crippen LogP contribution in [-0.4, -0.2) is 24.5 Å². The zero-order valence-electron chi connectivity index (χ0n) is 29.6. The van der Waals surface area contributed by atoms with Crippen LogP contribution in [0.5, 0.6) is 0 Å². The first kappa shape index (κ1) is 35.6. The van der Waals surface area contributed by atoms with Crippen LogP contribution in [-0.2, 0) is 12.4 Å². The summed E-state index contributed by atoms with van der Waals surface area (Å²) < 4.78 is 85.8. The Balaban J connectivity index is 1.34. The first-order chi connectivity index (χ1) is 27.5. The minimum atomic E-state index is -5.00. The minimum Gasteiger partial charge on any atom is -0.308 e. The Bertz CT molecular complexity index is 2830. The summed E-state index contributed by atoms with van der Waals surface area (Å²) in [5.41, 5.74) is 2.66. The fourth-order valence-electron chi connectivity index (χ4n) is 7.06. The smallest absolute Gasteiger partial charge is 0.308 e. The molecule has 0 saturated carbocycles. The molecular formula is C46H27F6N5. The van der Waals surface area contributed by atoms with E-state index in [1.54, 1.807) is 24.4 Å². The van der Waals surface area contributed by atoms with Crippen molar-refractivity contribution < 1.29 is 26.3 Å². The highest BCUT2D eigenvalue weighted by Crippen LogP contribution is 2.42. The molecule has 0 fully saturated rings. The van der Waals surface area contributed by atoms with Crippen LogP contribution in [0.25, 0.3) is 84.0 Å². The zero-order valence-corrected chi connectivity index (χ0v) is 29.6. The lowest BCUT2D eigenvalue weighted by Gasteiger charge is -2.17. The predicted octanol–water partition coefficient (Wildman–Crippen LogP) is 12.7. The molecular weight excluding hydrogens is 737 g/mol. The summed E-state index contributed by atoms with van der Waals surface area (Å²) in [7, 11) is 0. The van der Waals surface area contributed by atoms with Crippen LogP contribution in [0.3, 0.4) is 0 Å². The molecule has 3 heterocycles. The lowest BCUT2D eigenvalue weighted by Crippen LogP contribution is -2.11. The van der Waals surface area contributed by atoms with Gasteiger partial charge in [-0.15, -0.1) is 0 Å². The van der Waals surface area contributed by atoms with Crippen molar-refractivity contribution in [3.63, 3.8) is 0 Å². The Morgan fingerprint density at radius 1 is 0.404 bits per heavy atom. The molecule has 0 saturated heterocycles. The molecule has 0 N–H and O–H groups in total. The lowest BCUT2D eigenvalue weighted by atomic mass is 9.98. The third kappa shape index (κ3) is 6.77. The predicted molar refractivity (Wildman–Crippen MR) is 209 cm³/mol. The average molecular weight is 764 g/mol. The van der Waals surface area contributed by atoms with E-state index < -0.39 is 23.5 Å². The van der Waals surface area contributed by atoms with Gasteiger partial charge in [-0.3, -0.25) is 4.98 Å². The summed E-state index contributed by atoms with van der Waals surface area (Å²) in [6, 6.07) is 44.4. The van der Waals surface area contributed by atoms with Gasteiger partial charge in [0.15, 0.2) is 17.5 Å². The quantitative estimate of drug-likeness (QED) is 0.158. The van der Waals surface area contributed by atoms with Crippen LogP contribution in [0.4, 0.5) is 26.3 Å². The standard InChI is InChI=1S/C46H27F6N5/c47-45(48,49)33-23-32(24-34(27-33)46(50,51)52)30-18-20-36-35-15-7-8-17-39(35)57(41(36)26-30)40-21-19-31(38-16-9-10-22-53-38)25-37(40)44-55-42(28-11-3-1-4-12-28)54-43(56-44)29-13-5-2-6-14-29/h1-27H. The van der Waals surface area contributed by atoms with Crippen molar-refractivity contribution in [1.82, 2.24) is 24.5 Å². The second-order valence-electron chi connectivity index (χ2n) is 13.4. The number of fused-ring (bicyclic) bond motifs is 3. The van der Waals surface area contributed by atoms with Gasteiger partial charge in [0.1, 0.15) is 0 Å². The first-order valence-electron chi connectivity index (χ1n) is 17.8. The van der Waals surface area contributed by atoms with E-state index in [1.165, 1.54) is 0 Å². The summed E-state index contributed by atoms with van der Waals surface area (Å²) in [6.07, 6.45) is -8.30. The summed E-state index contributed by atoms with van der Waals surface area (Å²) in [4.78, 5) is 19.5. The van der Waals surface area contributed by atoms with E-state index in [4.69, 9.17) is 15.0 Å². The molecule has 0 bridgehead atoms. The van der Waals surface area contributed by atoms with Gasteiger partial charge < -0.3 is 4.57 Å². The highest BCUT2D eigenvalue weighted by molar-refractivity contribution is 6.10. The largest absolute Gasteiger partial charge is 0.416 e. The number of hydrogen-bond donors (Lipinski definition) is 0. The molecule has 5 nitrogen and oxygen atoms in total. The molecule has 0 unspecified atom stereocenters. The molecule has 3 aromatic heterocycles. The van der Waals surface area contributed by atoms with E-state index in [9.17, 15) is 26.3 Å². The number of pyridine rings is 1. The van der Waals surface area contributed by atoms with Crippen LogP contribution in [0, 0.1) is 0 Å². The van der Waals surface area contributed by atoms with E-state index >= 15 is 0 Å². The van der Waals surface area contributed by atoms with Gasteiger partial charge >= 0.3 is 12.4 Å². The Morgan fingerprint density at radius 3 is 1.58 bits per heavy atom. The third-order valence-electron chi connectivity index (χ3n) is 9.73. The molecule has 57 heavy (non-hydrogen) atoms. The van der Waals surface area contributed by atoms with Crippen LogP contribution < -0.4 is 0 Å². The molecule has 278 valence electrons. The second kappa shape index (κ2) is 13.9. The van der Waals surface area contributed by atoms with Gasteiger partial charge in [0.2, 0.25) is 0 Å². The SMILES string of the molecule is FC(F)(F)c1cc(-c2ccc3c4ccccc4n(-c4ccc(-c5ccccn5)cc4-c4nc(-c5ccccc5)nc(-c5ccccc5)n4)c3c2)cc(C(F)(F)F)c1. The van der Waals surface area contributed by atoms with Crippen molar-refractivity contribution in [2.24, 2.45) is 0 Å². The van der Waals surface area contributed by atoms with Gasteiger partial charge in [0.25, 0.3) is 0 Å². The second-order valence-corrected chi connectivity index (χ2v) is 13.4. The van der Waals surface area contributed by atoms with Gasteiger partial charge in [-0.05, 0) is 65.7 Å². The Kier molecular flexibility index (Phi) is 8.65. The van der Waals surface area contributed by atoms with E-state index in [-0.39, 0.29) is 17.2 Å². The zero-order chi connectivity index (χ0) is 39.3. The highest BCUT2D eigenvalue weighted by atomic mass is 19.4. The van der Waals surface area contributed by atoms with Crippen molar-refractivity contribution in [2.45, 2.75) is 12.4 Å². The molecule has 0 amide bonds. The molecule has 9 aromatic rings. The fourth-order valence-corrected chi connectivity index (χ4v) is 7.06. The number of alkyl halides is 6. The topological polar surface area (TPSA) is 56.5 Å². The molecule has 0 aliphatic carbocycles. The maximum Gasteiger partial charge on any atom is 0.416 e. The van der Waals surface area contributed by atoms with Crippen molar-refractivity contribution in [3.05, 3.63) is 175 Å². The molecule has 11 heteroatoms. The summed E-state index contributed by atoms with van der Waals surface area (Å²) in [6.45, 7) is 0. The van der Waals surface area contributed by atoms with Crippen molar-refractivity contribution in [3.8, 4) is 62.2 Å². The lowest BCUT2D eigenvalue weighted by molar-refractivity contribution is -0.143. The molecule has 0 aliphatic heterocycles.